The summed E-state index contributed by atoms with van der Waals surface area (Å²) < 4.78 is 9.66. The number of esters is 1. The lowest BCUT2D eigenvalue weighted by Crippen LogP contribution is -2.55. The Hall–Kier alpha value is -2.12. The van der Waals surface area contributed by atoms with Gasteiger partial charge >= 0.3 is 12.1 Å². The Kier molecular flexibility index (Phi) is 5.15. The fourth-order valence-corrected chi connectivity index (χ4v) is 2.48. The van der Waals surface area contributed by atoms with E-state index in [4.69, 9.17) is 9.57 Å². The molecule has 0 radical (unpaired) electrons. The van der Waals surface area contributed by atoms with Gasteiger partial charge < -0.3 is 19.4 Å². The number of carbonyl (C=O) groups excluding carboxylic acids is 2. The van der Waals surface area contributed by atoms with E-state index in [1.807, 2.05) is 0 Å². The highest BCUT2D eigenvalue weighted by Crippen LogP contribution is 2.27. The van der Waals surface area contributed by atoms with Crippen molar-refractivity contribution in [2.24, 2.45) is 0 Å². The molecule has 0 saturated carbocycles. The minimum atomic E-state index is -0.659. The second-order valence-corrected chi connectivity index (χ2v) is 6.83. The minimum absolute atomic E-state index is 0.119. The van der Waals surface area contributed by atoms with Crippen molar-refractivity contribution >= 4 is 12.1 Å². The number of carbonyl (C=O) groups is 2. The maximum absolute atomic E-state index is 12.6. The number of aliphatic hydroxyl groups is 1. The molecule has 1 aliphatic heterocycles. The van der Waals surface area contributed by atoms with E-state index in [2.05, 4.69) is 4.74 Å². The summed E-state index contributed by atoms with van der Waals surface area (Å²) in [6.07, 6.45) is -0.734. The number of quaternary nitrogens is 1. The number of hydrogen-bond donors (Lipinski definition) is 1. The third-order valence-corrected chi connectivity index (χ3v) is 3.61. The fraction of sp³-hybridized carbons (Fsp3) is 0.529. The van der Waals surface area contributed by atoms with Crippen LogP contribution in [0, 0.1) is 0 Å². The second-order valence-electron chi connectivity index (χ2n) is 6.83. The van der Waals surface area contributed by atoms with Gasteiger partial charge in [0, 0.05) is 6.42 Å². The Morgan fingerprint density at radius 3 is 2.29 bits per heavy atom. The van der Waals surface area contributed by atoms with E-state index >= 15 is 0 Å². The van der Waals surface area contributed by atoms with Crippen molar-refractivity contribution in [3.63, 3.8) is 0 Å². The molecule has 7 nitrogen and oxygen atoms in total. The van der Waals surface area contributed by atoms with Gasteiger partial charge in [-0.15, -0.1) is 0 Å². The normalized spacial score (nSPS) is 23.6. The minimum Gasteiger partial charge on any atom is -0.465 e. The number of rotatable bonds is 3. The number of aliphatic hydroxyl groups excluding tert-OH is 1. The van der Waals surface area contributed by atoms with Gasteiger partial charge in [-0.3, -0.25) is 0 Å². The van der Waals surface area contributed by atoms with Crippen molar-refractivity contribution < 1.29 is 33.7 Å². The van der Waals surface area contributed by atoms with Gasteiger partial charge in [-0.2, -0.15) is 4.79 Å². The maximum Gasteiger partial charge on any atom is 0.559 e. The van der Waals surface area contributed by atoms with Gasteiger partial charge in [0.05, 0.1) is 12.7 Å². The van der Waals surface area contributed by atoms with E-state index in [9.17, 15) is 14.7 Å². The van der Waals surface area contributed by atoms with E-state index in [-0.39, 0.29) is 6.54 Å². The quantitative estimate of drug-likeness (QED) is 0.672. The van der Waals surface area contributed by atoms with Crippen LogP contribution in [0.2, 0.25) is 0 Å². The van der Waals surface area contributed by atoms with Gasteiger partial charge in [-0.1, -0.05) is 0 Å². The summed E-state index contributed by atoms with van der Waals surface area (Å²) in [6.45, 7) is 5.76. The molecule has 1 N–H and O–H groups in total. The molecule has 1 fully saturated rings. The summed E-state index contributed by atoms with van der Waals surface area (Å²) in [5.74, 6) is -0.0446. The van der Waals surface area contributed by atoms with Crippen LogP contribution in [0.5, 0.6) is 5.75 Å². The number of benzene rings is 1. The van der Waals surface area contributed by atoms with Crippen LogP contribution in [0.25, 0.3) is 0 Å². The number of ether oxygens (including phenoxy) is 2. The van der Waals surface area contributed by atoms with E-state index < -0.39 is 28.4 Å². The van der Waals surface area contributed by atoms with Crippen LogP contribution < -0.4 is 4.84 Å². The van der Waals surface area contributed by atoms with Crippen LogP contribution >= 0.6 is 0 Å². The number of likely N-dealkylation sites (tertiary alicyclic amines) is 1. The molecule has 2 rings (SSSR count). The largest absolute Gasteiger partial charge is 0.559 e. The van der Waals surface area contributed by atoms with Gasteiger partial charge in [0.1, 0.15) is 18.2 Å². The van der Waals surface area contributed by atoms with E-state index in [0.29, 0.717) is 24.3 Å². The number of hydroxylamine groups is 3. The lowest BCUT2D eigenvalue weighted by Gasteiger charge is -2.30. The lowest BCUT2D eigenvalue weighted by molar-refractivity contribution is -1.01. The third kappa shape index (κ3) is 4.24. The predicted molar refractivity (Wildman–Crippen MR) is 85.3 cm³/mol. The van der Waals surface area contributed by atoms with E-state index in [1.54, 1.807) is 45.0 Å². The van der Waals surface area contributed by atoms with Crippen LogP contribution in [0.3, 0.4) is 0 Å². The Bertz CT molecular complexity index is 607. The van der Waals surface area contributed by atoms with Crippen molar-refractivity contribution in [2.75, 3.05) is 20.2 Å². The molecule has 0 aliphatic carbocycles. The number of nitrogens with zero attached hydrogens (tertiary/aromatic N) is 1. The number of hydrogen-bond acceptors (Lipinski definition) is 6. The number of methoxy groups -OCH3 is 1. The second kappa shape index (κ2) is 6.78. The molecular weight excluding hydrogens is 314 g/mol. The first kappa shape index (κ1) is 18.2. The first-order valence-corrected chi connectivity index (χ1v) is 7.82. The summed E-state index contributed by atoms with van der Waals surface area (Å²) in [5, 5.41) is 9.87. The number of amides is 1. The van der Waals surface area contributed by atoms with Crippen LogP contribution in [-0.4, -0.2) is 53.7 Å². The standard InChI is InChI=1S/C17H24NO6/c1-17(2,3)23-16(21)18(10-9-13(19)11-18)24-14-7-5-12(6-8-14)15(20)22-4/h5-8,13,19H,9-11H2,1-4H3/q+1/t13-,18?/m0/s1. The first-order chi connectivity index (χ1) is 11.1. The molecule has 2 atom stereocenters. The van der Waals surface area contributed by atoms with E-state index in [1.165, 1.54) is 7.11 Å². The molecule has 0 spiro atoms. The van der Waals surface area contributed by atoms with Gasteiger partial charge in [0.25, 0.3) is 0 Å². The molecule has 0 aromatic heterocycles. The zero-order chi connectivity index (χ0) is 18.0. The summed E-state index contributed by atoms with van der Waals surface area (Å²) in [5.41, 5.74) is -0.274. The Morgan fingerprint density at radius 1 is 1.21 bits per heavy atom. The maximum atomic E-state index is 12.6. The van der Waals surface area contributed by atoms with Gasteiger partial charge in [0.15, 0.2) is 12.3 Å². The van der Waals surface area contributed by atoms with Crippen molar-refractivity contribution in [1.82, 2.24) is 0 Å². The van der Waals surface area contributed by atoms with Crippen LogP contribution in [-0.2, 0) is 9.47 Å². The molecule has 1 unspecified atom stereocenters. The summed E-state index contributed by atoms with van der Waals surface area (Å²) in [6, 6.07) is 6.28. The molecule has 7 heteroatoms. The van der Waals surface area contributed by atoms with Crippen molar-refractivity contribution in [2.45, 2.75) is 38.9 Å². The predicted octanol–water partition coefficient (Wildman–Crippen LogP) is 2.28. The van der Waals surface area contributed by atoms with Gasteiger partial charge in [-0.25, -0.2) is 4.79 Å². The average molecular weight is 338 g/mol. The highest BCUT2D eigenvalue weighted by Gasteiger charge is 2.51. The first-order valence-electron chi connectivity index (χ1n) is 7.82. The van der Waals surface area contributed by atoms with Crippen LogP contribution in [0.15, 0.2) is 24.3 Å². The molecule has 0 bridgehead atoms. The third-order valence-electron chi connectivity index (χ3n) is 3.61. The average Bonchev–Trinajstić information content (AvgIpc) is 2.88. The lowest BCUT2D eigenvalue weighted by atomic mass is 10.2. The monoisotopic (exact) mass is 338 g/mol. The van der Waals surface area contributed by atoms with Crippen LogP contribution in [0.4, 0.5) is 4.79 Å². The molecule has 1 aliphatic rings. The highest BCUT2D eigenvalue weighted by molar-refractivity contribution is 5.89. The zero-order valence-corrected chi connectivity index (χ0v) is 14.4. The Labute approximate surface area is 141 Å². The summed E-state index contributed by atoms with van der Waals surface area (Å²) in [7, 11) is 1.31. The molecule has 24 heavy (non-hydrogen) atoms. The van der Waals surface area contributed by atoms with Crippen molar-refractivity contribution in [3.8, 4) is 5.75 Å². The summed E-state index contributed by atoms with van der Waals surface area (Å²) >= 11 is 0. The molecule has 1 heterocycles. The van der Waals surface area contributed by atoms with Gasteiger partial charge in [0.2, 0.25) is 0 Å². The fourth-order valence-electron chi connectivity index (χ4n) is 2.48. The van der Waals surface area contributed by atoms with Gasteiger partial charge in [-0.05, 0) is 49.7 Å². The zero-order valence-electron chi connectivity index (χ0n) is 14.4. The molecule has 132 valence electrons. The van der Waals surface area contributed by atoms with Crippen LogP contribution in [0.1, 0.15) is 37.6 Å². The van der Waals surface area contributed by atoms with Crippen molar-refractivity contribution in [1.29, 1.82) is 0 Å². The Morgan fingerprint density at radius 2 is 1.83 bits per heavy atom. The SMILES string of the molecule is COC(=O)c1ccc(O[N+]2(C(=O)OC(C)(C)C)CC[C@H](O)C2)cc1. The molecule has 1 aromatic carbocycles. The van der Waals surface area contributed by atoms with Crippen molar-refractivity contribution in [3.05, 3.63) is 29.8 Å². The molecule has 1 amide bonds. The molecular formula is C17H24NO6+. The topological polar surface area (TPSA) is 82.1 Å². The Balaban J connectivity index is 2.20. The van der Waals surface area contributed by atoms with E-state index in [0.717, 1.165) is 0 Å². The summed E-state index contributed by atoms with van der Waals surface area (Å²) in [4.78, 5) is 29.9. The highest BCUT2D eigenvalue weighted by atomic mass is 16.8. The molecule has 1 saturated heterocycles. The molecule has 1 aromatic rings. The smallest absolute Gasteiger partial charge is 0.465 e.